The minimum atomic E-state index is -1.01. The molecule has 0 radical (unpaired) electrons. The maximum absolute atomic E-state index is 13.7. The summed E-state index contributed by atoms with van der Waals surface area (Å²) in [5, 5.41) is 12.0. The second-order valence-corrected chi connectivity index (χ2v) is 8.84. The molecule has 1 amide bonds. The number of hydrogen-bond donors (Lipinski definition) is 2. The number of nitrogens with one attached hydrogen (secondary N) is 1. The standard InChI is InChI=1S/C24H21F2NO4S/c1-13(15-3-5-16(6-4-15)24(29)30)27-23(28)22-17-8-9-31-12-21(17)32-20(22)11-14-2-7-18(25)19(26)10-14/h2-7,10,13H,8-9,11-12H2,1H3,(H,27,28)(H,29,30). The average molecular weight is 457 g/mol. The maximum Gasteiger partial charge on any atom is 0.335 e. The molecule has 0 saturated heterocycles. The van der Waals surface area contributed by atoms with Crippen LogP contribution in [0.1, 0.15) is 60.1 Å². The van der Waals surface area contributed by atoms with Gasteiger partial charge in [-0.1, -0.05) is 18.2 Å². The molecule has 2 N–H and O–H groups in total. The van der Waals surface area contributed by atoms with Gasteiger partial charge in [-0.3, -0.25) is 4.79 Å². The second kappa shape index (κ2) is 9.18. The summed E-state index contributed by atoms with van der Waals surface area (Å²) in [6, 6.07) is 9.75. The van der Waals surface area contributed by atoms with E-state index in [1.54, 1.807) is 12.1 Å². The predicted octanol–water partition coefficient (Wildman–Crippen LogP) is 4.88. The van der Waals surface area contributed by atoms with Crippen molar-refractivity contribution < 1.29 is 28.2 Å². The number of amides is 1. The van der Waals surface area contributed by atoms with E-state index in [9.17, 15) is 18.4 Å². The molecule has 5 nitrogen and oxygen atoms in total. The number of carbonyl (C=O) groups excluding carboxylic acids is 1. The molecule has 0 fully saturated rings. The molecule has 1 aromatic heterocycles. The van der Waals surface area contributed by atoms with Gasteiger partial charge in [0.1, 0.15) is 0 Å². The fourth-order valence-corrected chi connectivity index (χ4v) is 5.10. The molecule has 0 bridgehead atoms. The lowest BCUT2D eigenvalue weighted by Crippen LogP contribution is -2.28. The summed E-state index contributed by atoms with van der Waals surface area (Å²) in [4.78, 5) is 26.1. The Bertz CT molecular complexity index is 1170. The van der Waals surface area contributed by atoms with Crippen LogP contribution >= 0.6 is 11.3 Å². The van der Waals surface area contributed by atoms with Gasteiger partial charge in [0.2, 0.25) is 0 Å². The van der Waals surface area contributed by atoms with E-state index in [0.29, 0.717) is 37.2 Å². The third kappa shape index (κ3) is 4.56. The predicted molar refractivity (Wildman–Crippen MR) is 116 cm³/mol. The zero-order valence-electron chi connectivity index (χ0n) is 17.3. The number of rotatable bonds is 6. The number of fused-ring (bicyclic) bond motifs is 1. The van der Waals surface area contributed by atoms with Crippen molar-refractivity contribution in [1.29, 1.82) is 0 Å². The SMILES string of the molecule is CC(NC(=O)c1c(Cc2ccc(F)c(F)c2)sc2c1CCOC2)c1ccc(C(=O)O)cc1. The molecule has 1 aliphatic heterocycles. The van der Waals surface area contributed by atoms with Gasteiger partial charge < -0.3 is 15.2 Å². The van der Waals surface area contributed by atoms with E-state index < -0.39 is 17.6 Å². The Morgan fingerprint density at radius 2 is 1.91 bits per heavy atom. The van der Waals surface area contributed by atoms with Crippen LogP contribution in [0.4, 0.5) is 8.78 Å². The van der Waals surface area contributed by atoms with Crippen molar-refractivity contribution in [3.63, 3.8) is 0 Å². The van der Waals surface area contributed by atoms with Crippen LogP contribution in [0.25, 0.3) is 0 Å². The Balaban J connectivity index is 1.60. The molecular formula is C24H21F2NO4S. The lowest BCUT2D eigenvalue weighted by molar-refractivity contribution is 0.0696. The van der Waals surface area contributed by atoms with Crippen molar-refractivity contribution in [3.8, 4) is 0 Å². The Morgan fingerprint density at radius 3 is 2.59 bits per heavy atom. The second-order valence-electron chi connectivity index (χ2n) is 7.65. The van der Waals surface area contributed by atoms with Crippen LogP contribution < -0.4 is 5.32 Å². The molecule has 8 heteroatoms. The molecular weight excluding hydrogens is 436 g/mol. The molecule has 2 heterocycles. The number of carboxylic acids is 1. The molecule has 1 unspecified atom stereocenters. The third-order valence-electron chi connectivity index (χ3n) is 5.47. The van der Waals surface area contributed by atoms with Crippen LogP contribution in [0, 0.1) is 11.6 Å². The minimum Gasteiger partial charge on any atom is -0.478 e. The summed E-state index contributed by atoms with van der Waals surface area (Å²) in [6.07, 6.45) is 0.910. The van der Waals surface area contributed by atoms with E-state index in [1.165, 1.54) is 29.5 Å². The topological polar surface area (TPSA) is 75.6 Å². The Labute approximate surface area is 187 Å². The van der Waals surface area contributed by atoms with E-state index in [2.05, 4.69) is 5.32 Å². The van der Waals surface area contributed by atoms with Gasteiger partial charge >= 0.3 is 5.97 Å². The molecule has 3 aromatic rings. The van der Waals surface area contributed by atoms with Gasteiger partial charge in [-0.2, -0.15) is 0 Å². The van der Waals surface area contributed by atoms with Crippen LogP contribution in [0.3, 0.4) is 0 Å². The van der Waals surface area contributed by atoms with E-state index in [1.807, 2.05) is 6.92 Å². The first kappa shape index (κ1) is 22.1. The molecule has 1 aliphatic rings. The zero-order chi connectivity index (χ0) is 22.8. The summed E-state index contributed by atoms with van der Waals surface area (Å²) in [6.45, 7) is 2.76. The number of carboxylic acid groups (broad SMARTS) is 1. The molecule has 0 saturated carbocycles. The van der Waals surface area contributed by atoms with Crippen LogP contribution in [0.5, 0.6) is 0 Å². The molecule has 4 rings (SSSR count). The van der Waals surface area contributed by atoms with Crippen molar-refractivity contribution in [2.45, 2.75) is 32.4 Å². The van der Waals surface area contributed by atoms with Crippen molar-refractivity contribution >= 4 is 23.2 Å². The fourth-order valence-electron chi connectivity index (χ4n) is 3.78. The summed E-state index contributed by atoms with van der Waals surface area (Å²) in [5.74, 6) is -3.09. The highest BCUT2D eigenvalue weighted by Crippen LogP contribution is 2.34. The summed E-state index contributed by atoms with van der Waals surface area (Å²) >= 11 is 1.46. The number of thiophene rings is 1. The Kier molecular flexibility index (Phi) is 6.34. The lowest BCUT2D eigenvalue weighted by Gasteiger charge is -2.17. The van der Waals surface area contributed by atoms with Crippen LogP contribution in [0.15, 0.2) is 42.5 Å². The lowest BCUT2D eigenvalue weighted by atomic mass is 9.99. The number of halogens is 2. The summed E-state index contributed by atoms with van der Waals surface area (Å²) in [5.41, 5.74) is 3.03. The maximum atomic E-state index is 13.7. The number of aromatic carboxylic acids is 1. The normalized spacial score (nSPS) is 14.0. The van der Waals surface area contributed by atoms with Crippen LogP contribution in [0.2, 0.25) is 0 Å². The van der Waals surface area contributed by atoms with E-state index in [-0.39, 0.29) is 17.5 Å². The molecule has 0 spiro atoms. The van der Waals surface area contributed by atoms with Crippen LogP contribution in [-0.4, -0.2) is 23.6 Å². The molecule has 0 aliphatic carbocycles. The zero-order valence-corrected chi connectivity index (χ0v) is 18.1. The fraction of sp³-hybridized carbons (Fsp3) is 0.250. The number of carbonyl (C=O) groups is 2. The highest BCUT2D eigenvalue weighted by molar-refractivity contribution is 7.12. The summed E-state index contributed by atoms with van der Waals surface area (Å²) < 4.78 is 32.5. The number of ether oxygens (including phenoxy) is 1. The highest BCUT2D eigenvalue weighted by atomic mass is 32.1. The van der Waals surface area contributed by atoms with Gasteiger partial charge in [0.25, 0.3) is 5.91 Å². The first-order valence-corrected chi connectivity index (χ1v) is 10.9. The van der Waals surface area contributed by atoms with Gasteiger partial charge in [-0.05, 0) is 54.3 Å². The molecule has 2 aromatic carbocycles. The van der Waals surface area contributed by atoms with Gasteiger partial charge in [0, 0.05) is 16.2 Å². The first-order valence-electron chi connectivity index (χ1n) is 10.1. The monoisotopic (exact) mass is 457 g/mol. The highest BCUT2D eigenvalue weighted by Gasteiger charge is 2.27. The van der Waals surface area contributed by atoms with Gasteiger partial charge in [-0.25, -0.2) is 13.6 Å². The van der Waals surface area contributed by atoms with Crippen molar-refractivity contribution in [2.75, 3.05) is 6.61 Å². The van der Waals surface area contributed by atoms with E-state index in [4.69, 9.17) is 9.84 Å². The van der Waals surface area contributed by atoms with Gasteiger partial charge in [-0.15, -0.1) is 11.3 Å². The minimum absolute atomic E-state index is 0.174. The Hall–Kier alpha value is -3.10. The van der Waals surface area contributed by atoms with Crippen molar-refractivity contribution in [1.82, 2.24) is 5.32 Å². The summed E-state index contributed by atoms with van der Waals surface area (Å²) in [7, 11) is 0. The number of hydrogen-bond acceptors (Lipinski definition) is 4. The quantitative estimate of drug-likeness (QED) is 0.553. The van der Waals surface area contributed by atoms with Crippen molar-refractivity contribution in [2.24, 2.45) is 0 Å². The Morgan fingerprint density at radius 1 is 1.16 bits per heavy atom. The van der Waals surface area contributed by atoms with Gasteiger partial charge in [0.15, 0.2) is 11.6 Å². The third-order valence-corrected chi connectivity index (χ3v) is 6.68. The smallest absolute Gasteiger partial charge is 0.335 e. The molecule has 166 valence electrons. The van der Waals surface area contributed by atoms with Gasteiger partial charge in [0.05, 0.1) is 30.4 Å². The largest absolute Gasteiger partial charge is 0.478 e. The van der Waals surface area contributed by atoms with E-state index >= 15 is 0 Å². The molecule has 32 heavy (non-hydrogen) atoms. The average Bonchev–Trinajstić information content (AvgIpc) is 3.14. The number of benzene rings is 2. The van der Waals surface area contributed by atoms with Crippen molar-refractivity contribution in [3.05, 3.63) is 91.7 Å². The molecule has 1 atom stereocenters. The van der Waals surface area contributed by atoms with Crippen LogP contribution in [-0.2, 0) is 24.2 Å². The first-order chi connectivity index (χ1) is 15.3. The van der Waals surface area contributed by atoms with E-state index in [0.717, 1.165) is 33.0 Å².